The van der Waals surface area contributed by atoms with Gasteiger partial charge in [0.15, 0.2) is 0 Å². The fourth-order valence-electron chi connectivity index (χ4n) is 9.96. The molecule has 2 heteroatoms. The van der Waals surface area contributed by atoms with Crippen LogP contribution in [0.2, 0.25) is 0 Å². The zero-order valence-corrected chi connectivity index (χ0v) is 40.6. The molecule has 2 nitrogen and oxygen atoms in total. The van der Waals surface area contributed by atoms with Crippen LogP contribution in [-0.4, -0.2) is 0 Å². The number of hydrogen-bond acceptors (Lipinski definition) is 2. The molecule has 8 aromatic carbocycles. The van der Waals surface area contributed by atoms with Crippen LogP contribution in [0.3, 0.4) is 0 Å². The molecule has 0 amide bonds. The minimum atomic E-state index is -0.633. The quantitative estimate of drug-likeness (QED) is 0.150. The summed E-state index contributed by atoms with van der Waals surface area (Å²) in [7, 11) is 0. The van der Waals surface area contributed by atoms with Gasteiger partial charge in [-0.05, 0) is 169 Å². The molecule has 0 saturated carbocycles. The molecule has 0 radical (unpaired) electrons. The Morgan fingerprint density at radius 2 is 0.631 bits per heavy atom. The monoisotopic (exact) mass is 849 g/mol. The average molecular weight is 849 g/mol. The van der Waals surface area contributed by atoms with E-state index in [0.29, 0.717) is 0 Å². The summed E-state index contributed by atoms with van der Waals surface area (Å²) in [5.74, 6) is 0. The van der Waals surface area contributed by atoms with Gasteiger partial charge in [-0.2, -0.15) is 0 Å². The lowest BCUT2D eigenvalue weighted by Crippen LogP contribution is -2.29. The van der Waals surface area contributed by atoms with Gasteiger partial charge in [0.2, 0.25) is 0 Å². The summed E-state index contributed by atoms with van der Waals surface area (Å²) in [6.45, 7) is 27.0. The van der Waals surface area contributed by atoms with Gasteiger partial charge in [-0.3, -0.25) is 0 Å². The lowest BCUT2D eigenvalue weighted by atomic mass is 9.67. The van der Waals surface area contributed by atoms with E-state index in [-0.39, 0.29) is 10.8 Å². The average Bonchev–Trinajstić information content (AvgIpc) is 3.55. The van der Waals surface area contributed by atoms with Crippen molar-refractivity contribution in [1.29, 1.82) is 0 Å². The van der Waals surface area contributed by atoms with E-state index in [4.69, 9.17) is 0 Å². The van der Waals surface area contributed by atoms with Crippen LogP contribution in [0.15, 0.2) is 170 Å². The predicted molar refractivity (Wildman–Crippen MR) is 279 cm³/mol. The van der Waals surface area contributed by atoms with E-state index in [1.807, 2.05) is 0 Å². The Hall–Kier alpha value is -6.64. The van der Waals surface area contributed by atoms with E-state index in [9.17, 15) is 0 Å². The van der Waals surface area contributed by atoms with E-state index in [0.717, 1.165) is 22.7 Å². The molecule has 0 spiro atoms. The van der Waals surface area contributed by atoms with Gasteiger partial charge in [0.05, 0.1) is 5.41 Å². The van der Waals surface area contributed by atoms with Gasteiger partial charge < -0.3 is 9.80 Å². The predicted octanol–water partition coefficient (Wildman–Crippen LogP) is 17.4. The summed E-state index contributed by atoms with van der Waals surface area (Å²) in [4.78, 5) is 4.93. The van der Waals surface area contributed by atoms with Crippen molar-refractivity contribution < 1.29 is 0 Å². The summed E-state index contributed by atoms with van der Waals surface area (Å²) >= 11 is 0. The van der Waals surface area contributed by atoms with Gasteiger partial charge in [0.1, 0.15) is 0 Å². The summed E-state index contributed by atoms with van der Waals surface area (Å²) in [6.07, 6.45) is 0. The van der Waals surface area contributed by atoms with Crippen LogP contribution in [0.1, 0.15) is 108 Å². The van der Waals surface area contributed by atoms with Gasteiger partial charge in [-0.25, -0.2) is 0 Å². The second-order valence-electron chi connectivity index (χ2n) is 20.8. The molecule has 0 fully saturated rings. The van der Waals surface area contributed by atoms with E-state index in [1.54, 1.807) is 0 Å². The minimum Gasteiger partial charge on any atom is -0.310 e. The van der Waals surface area contributed by atoms with Crippen LogP contribution in [0.25, 0.3) is 11.1 Å². The summed E-state index contributed by atoms with van der Waals surface area (Å²) in [5, 5.41) is 0. The fourth-order valence-corrected chi connectivity index (χ4v) is 9.96. The molecular weight excluding hydrogens is 785 g/mol. The molecular formula is C63H64N2. The van der Waals surface area contributed by atoms with Gasteiger partial charge in [0, 0.05) is 34.1 Å². The normalized spacial score (nSPS) is 13.0. The van der Waals surface area contributed by atoms with Crippen molar-refractivity contribution in [3.63, 3.8) is 0 Å². The van der Waals surface area contributed by atoms with E-state index in [1.165, 1.54) is 89.3 Å². The molecule has 0 saturated heterocycles. The third kappa shape index (κ3) is 7.88. The first-order valence-corrected chi connectivity index (χ1v) is 23.3. The molecule has 0 heterocycles. The Balaban J connectivity index is 1.33. The second-order valence-corrected chi connectivity index (χ2v) is 20.8. The van der Waals surface area contributed by atoms with Crippen LogP contribution in [-0.2, 0) is 16.2 Å². The number of hydrogen-bond donors (Lipinski definition) is 0. The molecule has 1 aliphatic carbocycles. The van der Waals surface area contributed by atoms with E-state index < -0.39 is 5.41 Å². The second kappa shape index (κ2) is 16.4. The number of benzene rings is 8. The van der Waals surface area contributed by atoms with Crippen molar-refractivity contribution in [2.45, 2.75) is 99.3 Å². The Morgan fingerprint density at radius 1 is 0.323 bits per heavy atom. The number of nitrogens with zero attached hydrogens (tertiary/aromatic N) is 2. The van der Waals surface area contributed by atoms with Gasteiger partial charge in [0.25, 0.3) is 0 Å². The minimum absolute atomic E-state index is 0.0431. The first kappa shape index (κ1) is 43.6. The molecule has 0 N–H and O–H groups in total. The Bertz CT molecular complexity index is 2820. The highest BCUT2D eigenvalue weighted by Crippen LogP contribution is 2.59. The fraction of sp³-hybridized carbons (Fsp3) is 0.238. The first-order chi connectivity index (χ1) is 30.9. The van der Waals surface area contributed by atoms with Crippen molar-refractivity contribution >= 4 is 34.1 Å². The zero-order valence-electron chi connectivity index (χ0n) is 40.6. The van der Waals surface area contributed by atoms with Crippen molar-refractivity contribution in [2.24, 2.45) is 0 Å². The van der Waals surface area contributed by atoms with E-state index >= 15 is 0 Å². The maximum atomic E-state index is 2.50. The maximum Gasteiger partial charge on any atom is 0.0715 e. The van der Waals surface area contributed by atoms with Crippen LogP contribution >= 0.6 is 0 Å². The van der Waals surface area contributed by atoms with Crippen LogP contribution < -0.4 is 9.80 Å². The topological polar surface area (TPSA) is 6.48 Å². The maximum absolute atomic E-state index is 2.50. The number of anilines is 6. The molecule has 8 aromatic rings. The summed E-state index contributed by atoms with van der Waals surface area (Å²) in [6, 6.07) is 65.1. The molecule has 0 unspecified atom stereocenters. The highest BCUT2D eigenvalue weighted by Gasteiger charge is 2.47. The molecule has 0 aromatic heterocycles. The highest BCUT2D eigenvalue weighted by molar-refractivity contribution is 5.92. The summed E-state index contributed by atoms with van der Waals surface area (Å²) in [5.41, 5.74) is 24.1. The van der Waals surface area contributed by atoms with Crippen molar-refractivity contribution in [2.75, 3.05) is 9.80 Å². The van der Waals surface area contributed by atoms with E-state index in [2.05, 4.69) is 263 Å². The van der Waals surface area contributed by atoms with Crippen molar-refractivity contribution in [3.8, 4) is 11.1 Å². The molecule has 9 rings (SSSR count). The number of fused-ring (bicyclic) bond motifs is 3. The Kier molecular flexibility index (Phi) is 11.0. The molecule has 326 valence electrons. The molecule has 1 aliphatic rings. The summed E-state index contributed by atoms with van der Waals surface area (Å²) < 4.78 is 0. The Morgan fingerprint density at radius 3 is 0.938 bits per heavy atom. The SMILES string of the molecule is Cc1ccc(N(c2ccc3c(c2)C(c2ccc(C)cc2)(c2ccc(C)cc2)c2cc(N(c4ccc(C)cc4)c4ccc(C(C)(C)C)cc4C)ccc2-3)c2ccc(C(C)(C)C)cc2C)cc1. The standard InChI is InChI=1S/C63H64N2/c1-41-13-21-47(22-14-41)63(48-23-15-42(2)16-24-48)57-39-53(64(51-27-17-43(3)18-28-51)59-35-25-49(37-45(59)5)61(7,8)9)31-33-55(57)56-34-32-54(40-58(56)63)65(52-29-19-44(4)20-30-52)60-36-26-50(38-46(60)6)62(10,11)12/h13-40H,1-12H3. The van der Waals surface area contributed by atoms with Crippen molar-refractivity contribution in [1.82, 2.24) is 0 Å². The van der Waals surface area contributed by atoms with Crippen LogP contribution in [0, 0.1) is 41.5 Å². The molecule has 0 aliphatic heterocycles. The largest absolute Gasteiger partial charge is 0.310 e. The molecule has 0 bridgehead atoms. The smallest absolute Gasteiger partial charge is 0.0715 e. The van der Waals surface area contributed by atoms with Crippen molar-refractivity contribution in [3.05, 3.63) is 237 Å². The van der Waals surface area contributed by atoms with Crippen LogP contribution in [0.5, 0.6) is 0 Å². The van der Waals surface area contributed by atoms with Gasteiger partial charge in [-0.15, -0.1) is 0 Å². The van der Waals surface area contributed by atoms with Crippen LogP contribution in [0.4, 0.5) is 34.1 Å². The van der Waals surface area contributed by atoms with Gasteiger partial charge >= 0.3 is 0 Å². The number of aryl methyl sites for hydroxylation is 6. The highest BCUT2D eigenvalue weighted by atomic mass is 15.2. The lowest BCUT2D eigenvalue weighted by molar-refractivity contribution is 0.589. The first-order valence-electron chi connectivity index (χ1n) is 23.3. The lowest BCUT2D eigenvalue weighted by Gasteiger charge is -2.36. The molecule has 0 atom stereocenters. The third-order valence-electron chi connectivity index (χ3n) is 13.8. The van der Waals surface area contributed by atoms with Gasteiger partial charge in [-0.1, -0.05) is 173 Å². The Labute approximate surface area is 389 Å². The molecule has 65 heavy (non-hydrogen) atoms. The number of rotatable bonds is 8. The zero-order chi connectivity index (χ0) is 46.0. The third-order valence-corrected chi connectivity index (χ3v) is 13.8.